The first-order valence-corrected chi connectivity index (χ1v) is 7.56. The molecular formula is C16H24N2O3. The van der Waals surface area contributed by atoms with Crippen molar-refractivity contribution in [3.8, 4) is 5.75 Å². The number of aliphatic hydroxyl groups excluding tert-OH is 1. The zero-order chi connectivity index (χ0) is 15.1. The highest BCUT2D eigenvalue weighted by Crippen LogP contribution is 2.16. The zero-order valence-corrected chi connectivity index (χ0v) is 12.5. The number of aryl methyl sites for hydroxylation is 1. The van der Waals surface area contributed by atoms with Crippen LogP contribution in [0.1, 0.15) is 24.8 Å². The van der Waals surface area contributed by atoms with Crippen molar-refractivity contribution in [2.45, 2.75) is 32.3 Å². The number of amides is 2. The Morgan fingerprint density at radius 3 is 3.05 bits per heavy atom. The van der Waals surface area contributed by atoms with E-state index in [-0.39, 0.29) is 12.1 Å². The number of hydrogen-bond donors (Lipinski definition) is 2. The normalized spacial score (nSPS) is 18.4. The Labute approximate surface area is 125 Å². The maximum atomic E-state index is 11.9. The van der Waals surface area contributed by atoms with Crippen LogP contribution in [0.5, 0.6) is 5.75 Å². The highest BCUT2D eigenvalue weighted by atomic mass is 16.5. The van der Waals surface area contributed by atoms with Crippen LogP contribution in [0, 0.1) is 6.92 Å². The first kappa shape index (κ1) is 15.6. The lowest BCUT2D eigenvalue weighted by atomic mass is 10.1. The summed E-state index contributed by atoms with van der Waals surface area (Å²) in [5, 5.41) is 12.4. The van der Waals surface area contributed by atoms with Crippen molar-refractivity contribution in [1.82, 2.24) is 10.2 Å². The molecule has 1 aliphatic rings. The van der Waals surface area contributed by atoms with Gasteiger partial charge in [-0.2, -0.15) is 0 Å². The lowest BCUT2D eigenvalue weighted by Gasteiger charge is -2.30. The number of para-hydroxylation sites is 1. The number of piperidine rings is 1. The average molecular weight is 292 g/mol. The van der Waals surface area contributed by atoms with Gasteiger partial charge in [-0.3, -0.25) is 0 Å². The van der Waals surface area contributed by atoms with Gasteiger partial charge in [-0.05, 0) is 37.8 Å². The van der Waals surface area contributed by atoms with Gasteiger partial charge in [0.2, 0.25) is 0 Å². The summed E-state index contributed by atoms with van der Waals surface area (Å²) in [6.45, 7) is 4.33. The topological polar surface area (TPSA) is 61.8 Å². The molecule has 0 aliphatic carbocycles. The van der Waals surface area contributed by atoms with Crippen LogP contribution in [0.15, 0.2) is 24.3 Å². The number of likely N-dealkylation sites (tertiary alicyclic amines) is 1. The SMILES string of the molecule is Cc1ccccc1OCCCNC(=O)N1CCCC(O)C1. The Bertz CT molecular complexity index is 465. The third kappa shape index (κ3) is 4.93. The zero-order valence-electron chi connectivity index (χ0n) is 12.5. The van der Waals surface area contributed by atoms with Gasteiger partial charge >= 0.3 is 6.03 Å². The molecule has 1 aliphatic heterocycles. The summed E-state index contributed by atoms with van der Waals surface area (Å²) in [4.78, 5) is 13.6. The molecule has 0 spiro atoms. The predicted octanol–water partition coefficient (Wildman–Crippen LogP) is 1.93. The number of aliphatic hydroxyl groups is 1. The molecule has 1 unspecified atom stereocenters. The minimum Gasteiger partial charge on any atom is -0.493 e. The monoisotopic (exact) mass is 292 g/mol. The lowest BCUT2D eigenvalue weighted by Crippen LogP contribution is -2.47. The minimum absolute atomic E-state index is 0.0929. The number of benzene rings is 1. The van der Waals surface area contributed by atoms with Crippen molar-refractivity contribution in [3.63, 3.8) is 0 Å². The Morgan fingerprint density at radius 1 is 1.48 bits per heavy atom. The van der Waals surface area contributed by atoms with Crippen LogP contribution in [0.4, 0.5) is 4.79 Å². The van der Waals surface area contributed by atoms with Crippen molar-refractivity contribution in [2.75, 3.05) is 26.2 Å². The van der Waals surface area contributed by atoms with Crippen LogP contribution < -0.4 is 10.1 Å². The molecule has 1 saturated heterocycles. The molecule has 1 aromatic carbocycles. The molecule has 0 saturated carbocycles. The number of rotatable bonds is 5. The Kier molecular flexibility index (Phi) is 5.87. The number of nitrogens with zero attached hydrogens (tertiary/aromatic N) is 1. The van der Waals surface area contributed by atoms with Crippen LogP contribution in [0.25, 0.3) is 0 Å². The number of carbonyl (C=O) groups is 1. The van der Waals surface area contributed by atoms with Crippen LogP contribution in [-0.4, -0.2) is 48.4 Å². The van der Waals surface area contributed by atoms with E-state index >= 15 is 0 Å². The van der Waals surface area contributed by atoms with Crippen LogP contribution in [-0.2, 0) is 0 Å². The second-order valence-electron chi connectivity index (χ2n) is 5.44. The number of urea groups is 1. The Morgan fingerprint density at radius 2 is 2.29 bits per heavy atom. The van der Waals surface area contributed by atoms with E-state index in [1.807, 2.05) is 31.2 Å². The fourth-order valence-corrected chi connectivity index (χ4v) is 2.42. The minimum atomic E-state index is -0.381. The molecule has 21 heavy (non-hydrogen) atoms. The number of nitrogens with one attached hydrogen (secondary N) is 1. The maximum Gasteiger partial charge on any atom is 0.317 e. The van der Waals surface area contributed by atoms with Gasteiger partial charge in [0.25, 0.3) is 0 Å². The summed E-state index contributed by atoms with van der Waals surface area (Å²) in [5.74, 6) is 0.892. The van der Waals surface area contributed by atoms with Gasteiger partial charge in [0, 0.05) is 19.6 Å². The molecule has 1 atom stereocenters. The van der Waals surface area contributed by atoms with E-state index in [4.69, 9.17) is 4.74 Å². The van der Waals surface area contributed by atoms with Gasteiger partial charge in [-0.25, -0.2) is 4.79 Å². The highest BCUT2D eigenvalue weighted by Gasteiger charge is 2.21. The van der Waals surface area contributed by atoms with Gasteiger partial charge in [-0.15, -0.1) is 0 Å². The van der Waals surface area contributed by atoms with Gasteiger partial charge in [0.05, 0.1) is 12.7 Å². The maximum absolute atomic E-state index is 11.9. The largest absolute Gasteiger partial charge is 0.493 e. The fourth-order valence-electron chi connectivity index (χ4n) is 2.42. The Hall–Kier alpha value is -1.75. The lowest BCUT2D eigenvalue weighted by molar-refractivity contribution is 0.0842. The van der Waals surface area contributed by atoms with Crippen molar-refractivity contribution in [1.29, 1.82) is 0 Å². The number of hydrogen-bond acceptors (Lipinski definition) is 3. The molecule has 2 rings (SSSR count). The van der Waals surface area contributed by atoms with Crippen molar-refractivity contribution in [2.24, 2.45) is 0 Å². The predicted molar refractivity (Wildman–Crippen MR) is 81.5 cm³/mol. The third-order valence-electron chi connectivity index (χ3n) is 3.63. The van der Waals surface area contributed by atoms with Crippen molar-refractivity contribution >= 4 is 6.03 Å². The number of carbonyl (C=O) groups excluding carboxylic acids is 1. The molecule has 5 nitrogen and oxygen atoms in total. The molecule has 1 fully saturated rings. The molecule has 2 amide bonds. The van der Waals surface area contributed by atoms with E-state index in [0.29, 0.717) is 19.7 Å². The smallest absolute Gasteiger partial charge is 0.317 e. The van der Waals surface area contributed by atoms with E-state index < -0.39 is 0 Å². The van der Waals surface area contributed by atoms with E-state index in [1.165, 1.54) is 0 Å². The Balaban J connectivity index is 1.61. The average Bonchev–Trinajstić information content (AvgIpc) is 2.48. The van der Waals surface area contributed by atoms with Gasteiger partial charge in [-0.1, -0.05) is 18.2 Å². The van der Waals surface area contributed by atoms with Crippen LogP contribution in [0.2, 0.25) is 0 Å². The van der Waals surface area contributed by atoms with E-state index in [2.05, 4.69) is 5.32 Å². The third-order valence-corrected chi connectivity index (χ3v) is 3.63. The molecule has 5 heteroatoms. The molecule has 0 radical (unpaired) electrons. The number of ether oxygens (including phenoxy) is 1. The summed E-state index contributed by atoms with van der Waals surface area (Å²) in [6.07, 6.45) is 2.03. The second-order valence-corrected chi connectivity index (χ2v) is 5.44. The van der Waals surface area contributed by atoms with E-state index in [1.54, 1.807) is 4.90 Å². The molecule has 1 aromatic rings. The first-order valence-electron chi connectivity index (χ1n) is 7.56. The summed E-state index contributed by atoms with van der Waals surface area (Å²) >= 11 is 0. The quantitative estimate of drug-likeness (QED) is 0.815. The molecule has 0 aromatic heterocycles. The highest BCUT2D eigenvalue weighted by molar-refractivity contribution is 5.74. The molecular weight excluding hydrogens is 268 g/mol. The van der Waals surface area contributed by atoms with Gasteiger partial charge < -0.3 is 20.1 Å². The standard InChI is InChI=1S/C16H24N2O3/c1-13-6-2-3-8-15(13)21-11-5-9-17-16(20)18-10-4-7-14(19)12-18/h2-3,6,8,14,19H,4-5,7,9-12H2,1H3,(H,17,20). The van der Waals surface area contributed by atoms with Crippen LogP contribution >= 0.6 is 0 Å². The summed E-state index contributed by atoms with van der Waals surface area (Å²) in [6, 6.07) is 7.80. The van der Waals surface area contributed by atoms with Crippen LogP contribution in [0.3, 0.4) is 0 Å². The molecule has 1 heterocycles. The second kappa shape index (κ2) is 7.88. The number of β-amino-alcohol motifs (C(OH)–C–C–N with tert-alkyl or cyclic N) is 1. The summed E-state index contributed by atoms with van der Waals surface area (Å²) in [7, 11) is 0. The fraction of sp³-hybridized carbons (Fsp3) is 0.562. The van der Waals surface area contributed by atoms with Crippen molar-refractivity contribution in [3.05, 3.63) is 29.8 Å². The first-order chi connectivity index (χ1) is 10.2. The molecule has 0 bridgehead atoms. The molecule has 2 N–H and O–H groups in total. The van der Waals surface area contributed by atoms with E-state index in [9.17, 15) is 9.90 Å². The van der Waals surface area contributed by atoms with Gasteiger partial charge in [0.15, 0.2) is 0 Å². The summed E-state index contributed by atoms with van der Waals surface area (Å²) < 4.78 is 5.68. The van der Waals surface area contributed by atoms with E-state index in [0.717, 1.165) is 37.1 Å². The summed E-state index contributed by atoms with van der Waals surface area (Å²) in [5.41, 5.74) is 1.11. The van der Waals surface area contributed by atoms with Gasteiger partial charge in [0.1, 0.15) is 5.75 Å². The van der Waals surface area contributed by atoms with Crippen molar-refractivity contribution < 1.29 is 14.6 Å². The molecule has 116 valence electrons.